The number of hydrogen-bond donors (Lipinski definition) is 2. The van der Waals surface area contributed by atoms with Gasteiger partial charge in [0.05, 0.1) is 5.69 Å². The molecule has 0 aliphatic carbocycles. The molecule has 8 heteroatoms. The molecule has 1 heterocycles. The molecule has 0 aliphatic rings. The molecule has 1 atom stereocenters. The van der Waals surface area contributed by atoms with Crippen LogP contribution in [0.5, 0.6) is 0 Å². The van der Waals surface area contributed by atoms with Crippen LogP contribution in [0, 0.1) is 6.92 Å². The van der Waals surface area contributed by atoms with Gasteiger partial charge in [-0.15, -0.1) is 0 Å². The largest absolute Gasteiger partial charge is 0.449 e. The highest BCUT2D eigenvalue weighted by atomic mass is 16.5. The first-order valence-electron chi connectivity index (χ1n) is 8.08. The molecule has 0 fully saturated rings. The Kier molecular flexibility index (Phi) is 5.76. The Morgan fingerprint density at radius 2 is 1.77 bits per heavy atom. The molecule has 8 nitrogen and oxygen atoms in total. The average molecular weight is 359 g/mol. The number of nitrogens with one attached hydrogen (secondary N) is 1. The second-order valence-electron chi connectivity index (χ2n) is 6.14. The van der Waals surface area contributed by atoms with Gasteiger partial charge in [-0.3, -0.25) is 9.59 Å². The quantitative estimate of drug-likeness (QED) is 0.763. The number of amides is 2. The van der Waals surface area contributed by atoms with Crippen molar-refractivity contribution >= 4 is 23.5 Å². The standard InChI is InChI=1S/C18H21N3O5/c1-9(2)15-14(10(3)21-26-15)18(24)25-11(4)17(23)20-13-7-5-12(6-8-13)16(19)22/h5-9,11H,1-4H3,(H2,19,22)(H,20,23). The number of esters is 1. The number of ether oxygens (including phenoxy) is 1. The molecule has 0 radical (unpaired) electrons. The van der Waals surface area contributed by atoms with Crippen molar-refractivity contribution in [1.29, 1.82) is 0 Å². The van der Waals surface area contributed by atoms with Crippen molar-refractivity contribution in [2.75, 3.05) is 5.32 Å². The molecule has 1 unspecified atom stereocenters. The molecule has 3 N–H and O–H groups in total. The summed E-state index contributed by atoms with van der Waals surface area (Å²) in [4.78, 5) is 35.7. The summed E-state index contributed by atoms with van der Waals surface area (Å²) in [6, 6.07) is 6.05. The molecule has 0 aliphatic heterocycles. The zero-order valence-corrected chi connectivity index (χ0v) is 15.0. The first-order valence-corrected chi connectivity index (χ1v) is 8.08. The van der Waals surface area contributed by atoms with Crippen molar-refractivity contribution in [2.24, 2.45) is 5.73 Å². The number of carbonyl (C=O) groups is 3. The highest BCUT2D eigenvalue weighted by Gasteiger charge is 2.27. The maximum Gasteiger partial charge on any atom is 0.344 e. The summed E-state index contributed by atoms with van der Waals surface area (Å²) < 4.78 is 10.4. The van der Waals surface area contributed by atoms with Gasteiger partial charge >= 0.3 is 5.97 Å². The van der Waals surface area contributed by atoms with Crippen LogP contribution in [0.15, 0.2) is 28.8 Å². The monoisotopic (exact) mass is 359 g/mol. The number of carbonyl (C=O) groups excluding carboxylic acids is 3. The Morgan fingerprint density at radius 1 is 1.15 bits per heavy atom. The second-order valence-corrected chi connectivity index (χ2v) is 6.14. The number of aryl methyl sites for hydroxylation is 1. The normalized spacial score (nSPS) is 11.9. The van der Waals surface area contributed by atoms with Crippen LogP contribution in [-0.2, 0) is 9.53 Å². The molecule has 26 heavy (non-hydrogen) atoms. The highest BCUT2D eigenvalue weighted by Crippen LogP contribution is 2.23. The average Bonchev–Trinajstić information content (AvgIpc) is 2.97. The molecule has 2 amide bonds. The Balaban J connectivity index is 2.04. The number of nitrogens with two attached hydrogens (primary N) is 1. The second kappa shape index (κ2) is 7.81. The zero-order valence-electron chi connectivity index (χ0n) is 15.0. The predicted molar refractivity (Wildman–Crippen MR) is 93.8 cm³/mol. The van der Waals surface area contributed by atoms with E-state index in [4.69, 9.17) is 15.0 Å². The smallest absolute Gasteiger partial charge is 0.344 e. The molecule has 138 valence electrons. The van der Waals surface area contributed by atoms with Crippen molar-refractivity contribution in [3.63, 3.8) is 0 Å². The number of rotatable bonds is 6. The Bertz CT molecular complexity index is 824. The minimum atomic E-state index is -1.03. The summed E-state index contributed by atoms with van der Waals surface area (Å²) in [5.41, 5.74) is 6.59. The van der Waals surface area contributed by atoms with Crippen molar-refractivity contribution in [3.8, 4) is 0 Å². The summed E-state index contributed by atoms with van der Waals surface area (Å²) in [7, 11) is 0. The summed E-state index contributed by atoms with van der Waals surface area (Å²) in [6.45, 7) is 6.82. The third-order valence-electron chi connectivity index (χ3n) is 3.71. The number of aromatic nitrogens is 1. The van der Waals surface area contributed by atoms with E-state index in [1.807, 2.05) is 13.8 Å². The number of anilines is 1. The Labute approximate surface area is 150 Å². The van der Waals surface area contributed by atoms with Crippen molar-refractivity contribution < 1.29 is 23.6 Å². The van der Waals surface area contributed by atoms with Crippen LogP contribution in [0.25, 0.3) is 0 Å². The van der Waals surface area contributed by atoms with Gasteiger partial charge in [-0.25, -0.2) is 4.79 Å². The van der Waals surface area contributed by atoms with E-state index in [0.29, 0.717) is 22.7 Å². The van der Waals surface area contributed by atoms with Gasteiger partial charge in [0, 0.05) is 17.2 Å². The van der Waals surface area contributed by atoms with E-state index >= 15 is 0 Å². The van der Waals surface area contributed by atoms with Gasteiger partial charge < -0.3 is 20.3 Å². The third kappa shape index (κ3) is 4.27. The molecule has 0 saturated carbocycles. The molecule has 0 spiro atoms. The van der Waals surface area contributed by atoms with Gasteiger partial charge in [0.15, 0.2) is 11.9 Å². The van der Waals surface area contributed by atoms with Crippen LogP contribution in [-0.4, -0.2) is 29.0 Å². The van der Waals surface area contributed by atoms with Gasteiger partial charge in [0.2, 0.25) is 5.91 Å². The molecule has 2 aromatic rings. The zero-order chi connectivity index (χ0) is 19.4. The Morgan fingerprint density at radius 3 is 2.31 bits per heavy atom. The van der Waals surface area contributed by atoms with Gasteiger partial charge in [0.25, 0.3) is 5.91 Å². The number of primary amides is 1. The first-order chi connectivity index (χ1) is 12.2. The number of benzene rings is 1. The highest BCUT2D eigenvalue weighted by molar-refractivity contribution is 5.98. The molecular weight excluding hydrogens is 338 g/mol. The maximum absolute atomic E-state index is 12.4. The van der Waals surface area contributed by atoms with Crippen LogP contribution >= 0.6 is 0 Å². The van der Waals surface area contributed by atoms with E-state index in [0.717, 1.165) is 0 Å². The number of nitrogens with zero attached hydrogens (tertiary/aromatic N) is 1. The summed E-state index contributed by atoms with van der Waals surface area (Å²) in [5.74, 6) is -1.37. The molecule has 0 saturated heterocycles. The molecule has 0 bridgehead atoms. The Hall–Kier alpha value is -3.16. The summed E-state index contributed by atoms with van der Waals surface area (Å²) >= 11 is 0. The van der Waals surface area contributed by atoms with E-state index in [1.54, 1.807) is 6.92 Å². The minimum absolute atomic E-state index is 0.0494. The van der Waals surface area contributed by atoms with Gasteiger partial charge in [-0.05, 0) is 38.1 Å². The third-order valence-corrected chi connectivity index (χ3v) is 3.71. The minimum Gasteiger partial charge on any atom is -0.449 e. The fourth-order valence-corrected chi connectivity index (χ4v) is 2.26. The lowest BCUT2D eigenvalue weighted by Gasteiger charge is -2.14. The van der Waals surface area contributed by atoms with Crippen LogP contribution in [0.2, 0.25) is 0 Å². The maximum atomic E-state index is 12.4. The van der Waals surface area contributed by atoms with Crippen molar-refractivity contribution in [2.45, 2.75) is 39.7 Å². The molecular formula is C18H21N3O5. The molecule has 2 rings (SSSR count). The van der Waals surface area contributed by atoms with Crippen LogP contribution < -0.4 is 11.1 Å². The van der Waals surface area contributed by atoms with Crippen molar-refractivity contribution in [1.82, 2.24) is 5.16 Å². The van der Waals surface area contributed by atoms with E-state index < -0.39 is 23.9 Å². The van der Waals surface area contributed by atoms with Crippen LogP contribution in [0.1, 0.15) is 58.9 Å². The first kappa shape index (κ1) is 19.2. The van der Waals surface area contributed by atoms with Gasteiger partial charge in [-0.2, -0.15) is 0 Å². The summed E-state index contributed by atoms with van der Waals surface area (Å²) in [6.07, 6.45) is -1.03. The lowest BCUT2D eigenvalue weighted by Crippen LogP contribution is -2.30. The lowest BCUT2D eigenvalue weighted by molar-refractivity contribution is -0.123. The van der Waals surface area contributed by atoms with E-state index in [9.17, 15) is 14.4 Å². The van der Waals surface area contributed by atoms with Crippen molar-refractivity contribution in [3.05, 3.63) is 46.8 Å². The van der Waals surface area contributed by atoms with E-state index in [2.05, 4.69) is 10.5 Å². The van der Waals surface area contributed by atoms with Gasteiger partial charge in [-0.1, -0.05) is 19.0 Å². The molecule has 1 aromatic heterocycles. The lowest BCUT2D eigenvalue weighted by atomic mass is 10.1. The SMILES string of the molecule is Cc1noc(C(C)C)c1C(=O)OC(C)C(=O)Nc1ccc(C(N)=O)cc1. The fourth-order valence-electron chi connectivity index (χ4n) is 2.26. The van der Waals surface area contributed by atoms with E-state index in [-0.39, 0.29) is 11.5 Å². The van der Waals surface area contributed by atoms with Crippen LogP contribution in [0.3, 0.4) is 0 Å². The summed E-state index contributed by atoms with van der Waals surface area (Å²) in [5, 5.41) is 6.39. The van der Waals surface area contributed by atoms with Gasteiger partial charge in [0.1, 0.15) is 5.56 Å². The molecule has 1 aromatic carbocycles. The predicted octanol–water partition coefficient (Wildman–Crippen LogP) is 2.39. The topological polar surface area (TPSA) is 125 Å². The van der Waals surface area contributed by atoms with E-state index in [1.165, 1.54) is 31.2 Å². The fraction of sp³-hybridized carbons (Fsp3) is 0.333. The number of hydrogen-bond acceptors (Lipinski definition) is 6. The van der Waals surface area contributed by atoms with Crippen LogP contribution in [0.4, 0.5) is 5.69 Å².